The van der Waals surface area contributed by atoms with Crippen molar-refractivity contribution in [2.24, 2.45) is 0 Å². The van der Waals surface area contributed by atoms with E-state index in [0.717, 1.165) is 28.6 Å². The zero-order valence-electron chi connectivity index (χ0n) is 11.7. The Morgan fingerprint density at radius 3 is 2.67 bits per heavy atom. The van der Waals surface area contributed by atoms with E-state index in [-0.39, 0.29) is 12.5 Å². The SMILES string of the molecule is CCCNC(=O)CN1C(=O)S/C(=C\c2ccccc2)C1=O. The van der Waals surface area contributed by atoms with Gasteiger partial charge in [0.1, 0.15) is 6.54 Å². The summed E-state index contributed by atoms with van der Waals surface area (Å²) >= 11 is 0.861. The number of amides is 3. The maximum absolute atomic E-state index is 12.2. The summed E-state index contributed by atoms with van der Waals surface area (Å²) in [5.74, 6) is -0.736. The number of nitrogens with one attached hydrogen (secondary N) is 1. The number of carbonyl (C=O) groups excluding carboxylic acids is 3. The maximum Gasteiger partial charge on any atom is 0.294 e. The number of thioether (sulfide) groups is 1. The zero-order chi connectivity index (χ0) is 15.2. The molecular formula is C15H16N2O3S. The van der Waals surface area contributed by atoms with Crippen molar-refractivity contribution in [2.75, 3.05) is 13.1 Å². The predicted molar refractivity (Wildman–Crippen MR) is 82.4 cm³/mol. The molecule has 1 aliphatic heterocycles. The molecule has 0 aromatic heterocycles. The standard InChI is InChI=1S/C15H16N2O3S/c1-2-8-16-13(18)10-17-14(19)12(21-15(17)20)9-11-6-4-3-5-7-11/h3-7,9H,2,8,10H2,1H3,(H,16,18)/b12-9-. The Hall–Kier alpha value is -2.08. The first-order valence-corrected chi connectivity index (χ1v) is 7.50. The molecule has 1 N–H and O–H groups in total. The summed E-state index contributed by atoms with van der Waals surface area (Å²) < 4.78 is 0. The number of rotatable bonds is 5. The molecule has 0 aliphatic carbocycles. The van der Waals surface area contributed by atoms with E-state index >= 15 is 0 Å². The lowest BCUT2D eigenvalue weighted by molar-refractivity contribution is -0.129. The number of imide groups is 1. The van der Waals surface area contributed by atoms with Gasteiger partial charge in [0.25, 0.3) is 11.1 Å². The normalized spacial score (nSPS) is 16.6. The molecule has 0 saturated carbocycles. The van der Waals surface area contributed by atoms with Crippen molar-refractivity contribution in [3.8, 4) is 0 Å². The summed E-state index contributed by atoms with van der Waals surface area (Å²) in [6.07, 6.45) is 2.47. The second-order valence-corrected chi connectivity index (χ2v) is 5.52. The lowest BCUT2D eigenvalue weighted by Gasteiger charge is -2.11. The van der Waals surface area contributed by atoms with Gasteiger partial charge in [-0.1, -0.05) is 37.3 Å². The van der Waals surface area contributed by atoms with E-state index in [4.69, 9.17) is 0 Å². The van der Waals surface area contributed by atoms with Crippen LogP contribution in [0.25, 0.3) is 6.08 Å². The smallest absolute Gasteiger partial charge is 0.294 e. The van der Waals surface area contributed by atoms with Gasteiger partial charge in [0.05, 0.1) is 4.91 Å². The second-order valence-electron chi connectivity index (χ2n) is 4.53. The quantitative estimate of drug-likeness (QED) is 0.847. The van der Waals surface area contributed by atoms with Crippen LogP contribution in [0.1, 0.15) is 18.9 Å². The molecule has 5 nitrogen and oxygen atoms in total. The molecule has 21 heavy (non-hydrogen) atoms. The van der Waals surface area contributed by atoms with E-state index in [9.17, 15) is 14.4 Å². The second kappa shape index (κ2) is 7.08. The summed E-state index contributed by atoms with van der Waals surface area (Å²) in [6.45, 7) is 2.24. The molecule has 0 spiro atoms. The van der Waals surface area contributed by atoms with Crippen LogP contribution in [0.3, 0.4) is 0 Å². The molecule has 3 amide bonds. The molecule has 0 atom stereocenters. The largest absolute Gasteiger partial charge is 0.355 e. The van der Waals surface area contributed by atoms with Crippen LogP contribution in [0.2, 0.25) is 0 Å². The Kier molecular flexibility index (Phi) is 5.16. The van der Waals surface area contributed by atoms with Gasteiger partial charge in [-0.3, -0.25) is 19.3 Å². The third kappa shape index (κ3) is 3.95. The van der Waals surface area contributed by atoms with Crippen LogP contribution < -0.4 is 5.32 Å². The third-order valence-corrected chi connectivity index (χ3v) is 3.75. The highest BCUT2D eigenvalue weighted by atomic mass is 32.2. The minimum Gasteiger partial charge on any atom is -0.355 e. The summed E-state index contributed by atoms with van der Waals surface area (Å²) in [7, 11) is 0. The van der Waals surface area contributed by atoms with Crippen molar-refractivity contribution in [3.05, 3.63) is 40.8 Å². The molecule has 1 aliphatic rings. The number of carbonyl (C=O) groups is 3. The highest BCUT2D eigenvalue weighted by molar-refractivity contribution is 8.18. The van der Waals surface area contributed by atoms with Gasteiger partial charge in [0, 0.05) is 6.54 Å². The van der Waals surface area contributed by atoms with Crippen molar-refractivity contribution < 1.29 is 14.4 Å². The average Bonchev–Trinajstić information content (AvgIpc) is 2.74. The molecule has 0 radical (unpaired) electrons. The van der Waals surface area contributed by atoms with Crippen LogP contribution in [0.4, 0.5) is 4.79 Å². The third-order valence-electron chi connectivity index (χ3n) is 2.84. The molecule has 0 unspecified atom stereocenters. The molecule has 1 saturated heterocycles. The monoisotopic (exact) mass is 304 g/mol. The van der Waals surface area contributed by atoms with Crippen molar-refractivity contribution >= 4 is 34.9 Å². The van der Waals surface area contributed by atoms with E-state index in [1.54, 1.807) is 6.08 Å². The molecule has 1 fully saturated rings. The Morgan fingerprint density at radius 1 is 1.29 bits per heavy atom. The Bertz CT molecular complexity index is 584. The summed E-state index contributed by atoms with van der Waals surface area (Å²) in [6, 6.07) is 9.29. The van der Waals surface area contributed by atoms with Crippen LogP contribution >= 0.6 is 11.8 Å². The first-order chi connectivity index (χ1) is 10.1. The lowest BCUT2D eigenvalue weighted by atomic mass is 10.2. The molecule has 1 heterocycles. The van der Waals surface area contributed by atoms with Crippen LogP contribution in [0, 0.1) is 0 Å². The van der Waals surface area contributed by atoms with Crippen LogP contribution in [-0.4, -0.2) is 35.0 Å². The summed E-state index contributed by atoms with van der Waals surface area (Å²) in [4.78, 5) is 37.0. The first kappa shape index (κ1) is 15.3. The summed E-state index contributed by atoms with van der Waals surface area (Å²) in [5, 5.41) is 2.24. The molecule has 110 valence electrons. The van der Waals surface area contributed by atoms with Crippen LogP contribution in [-0.2, 0) is 9.59 Å². The van der Waals surface area contributed by atoms with Gasteiger partial charge in [0.15, 0.2) is 0 Å². The molecule has 1 aromatic rings. The highest BCUT2D eigenvalue weighted by Gasteiger charge is 2.36. The van der Waals surface area contributed by atoms with E-state index in [0.29, 0.717) is 11.4 Å². The average molecular weight is 304 g/mol. The van der Waals surface area contributed by atoms with Gasteiger partial charge < -0.3 is 5.32 Å². The topological polar surface area (TPSA) is 66.5 Å². The Labute approximate surface area is 127 Å². The minimum absolute atomic E-state index is 0.225. The number of hydrogen-bond acceptors (Lipinski definition) is 4. The summed E-state index contributed by atoms with van der Waals surface area (Å²) in [5.41, 5.74) is 0.846. The van der Waals surface area contributed by atoms with Crippen molar-refractivity contribution in [1.82, 2.24) is 10.2 Å². The van der Waals surface area contributed by atoms with E-state index in [1.807, 2.05) is 37.3 Å². The van der Waals surface area contributed by atoms with E-state index in [1.165, 1.54) is 0 Å². The van der Waals surface area contributed by atoms with Gasteiger partial charge in [-0.05, 0) is 29.8 Å². The first-order valence-electron chi connectivity index (χ1n) is 6.69. The van der Waals surface area contributed by atoms with Gasteiger partial charge in [-0.15, -0.1) is 0 Å². The van der Waals surface area contributed by atoms with E-state index in [2.05, 4.69) is 5.32 Å². The van der Waals surface area contributed by atoms with Crippen molar-refractivity contribution in [3.63, 3.8) is 0 Å². The Morgan fingerprint density at radius 2 is 2.00 bits per heavy atom. The van der Waals surface area contributed by atoms with Crippen LogP contribution in [0.15, 0.2) is 35.2 Å². The highest BCUT2D eigenvalue weighted by Crippen LogP contribution is 2.31. The minimum atomic E-state index is -0.416. The zero-order valence-corrected chi connectivity index (χ0v) is 12.5. The lowest BCUT2D eigenvalue weighted by Crippen LogP contribution is -2.39. The number of nitrogens with zero attached hydrogens (tertiary/aromatic N) is 1. The predicted octanol–water partition coefficient (Wildman–Crippen LogP) is 2.25. The fourth-order valence-electron chi connectivity index (χ4n) is 1.80. The van der Waals surface area contributed by atoms with Crippen molar-refractivity contribution in [1.29, 1.82) is 0 Å². The van der Waals surface area contributed by atoms with Crippen molar-refractivity contribution in [2.45, 2.75) is 13.3 Å². The number of hydrogen-bond donors (Lipinski definition) is 1. The Balaban J connectivity index is 2.06. The number of benzene rings is 1. The van der Waals surface area contributed by atoms with Gasteiger partial charge in [-0.2, -0.15) is 0 Å². The molecule has 1 aromatic carbocycles. The fraction of sp³-hybridized carbons (Fsp3) is 0.267. The maximum atomic E-state index is 12.2. The van der Waals surface area contributed by atoms with Gasteiger partial charge in [-0.25, -0.2) is 0 Å². The van der Waals surface area contributed by atoms with Crippen LogP contribution in [0.5, 0.6) is 0 Å². The van der Waals surface area contributed by atoms with Gasteiger partial charge in [0.2, 0.25) is 5.91 Å². The molecule has 2 rings (SSSR count). The fourth-order valence-corrected chi connectivity index (χ4v) is 2.64. The molecular weight excluding hydrogens is 288 g/mol. The molecule has 0 bridgehead atoms. The van der Waals surface area contributed by atoms with E-state index < -0.39 is 11.1 Å². The molecule has 6 heteroatoms. The van der Waals surface area contributed by atoms with Gasteiger partial charge >= 0.3 is 0 Å².